The van der Waals surface area contributed by atoms with Crippen LogP contribution in [0.2, 0.25) is 0 Å². The molecule has 8 heteroatoms. The summed E-state index contributed by atoms with van der Waals surface area (Å²) in [7, 11) is 0. The van der Waals surface area contributed by atoms with Crippen molar-refractivity contribution in [1.82, 2.24) is 5.32 Å². The summed E-state index contributed by atoms with van der Waals surface area (Å²) in [5.74, 6) is -0.714. The Morgan fingerprint density at radius 1 is 0.971 bits per heavy atom. The summed E-state index contributed by atoms with van der Waals surface area (Å²) in [5.41, 5.74) is 10.3. The Morgan fingerprint density at radius 2 is 1.71 bits per heavy atom. The molecule has 1 aliphatic rings. The number of benzene rings is 3. The fourth-order valence-electron chi connectivity index (χ4n) is 3.69. The van der Waals surface area contributed by atoms with E-state index in [9.17, 15) is 14.4 Å². The first-order valence-corrected chi connectivity index (χ1v) is 10.8. The SMILES string of the molecule is CCOC(=O)c1ccc2c(c1)NC(=O)/C2=C(\Nc1ccc(CNC(N)=O)cc1)c1ccccc1. The van der Waals surface area contributed by atoms with Crippen LogP contribution in [0.4, 0.5) is 16.2 Å². The Bertz CT molecular complexity index is 1270. The largest absolute Gasteiger partial charge is 0.462 e. The van der Waals surface area contributed by atoms with E-state index in [0.29, 0.717) is 34.6 Å². The highest BCUT2D eigenvalue weighted by molar-refractivity contribution is 6.37. The molecule has 0 aliphatic carbocycles. The second kappa shape index (κ2) is 9.91. The molecule has 0 unspecified atom stereocenters. The van der Waals surface area contributed by atoms with Gasteiger partial charge in [-0.15, -0.1) is 0 Å². The summed E-state index contributed by atoms with van der Waals surface area (Å²) in [6.07, 6.45) is 0. The molecule has 0 saturated carbocycles. The summed E-state index contributed by atoms with van der Waals surface area (Å²) in [6, 6.07) is 21.4. The topological polar surface area (TPSA) is 123 Å². The number of urea groups is 1. The predicted molar refractivity (Wildman–Crippen MR) is 131 cm³/mol. The molecule has 34 heavy (non-hydrogen) atoms. The molecule has 0 bridgehead atoms. The molecule has 4 rings (SSSR count). The number of esters is 1. The first-order valence-electron chi connectivity index (χ1n) is 10.8. The maximum absolute atomic E-state index is 13.1. The summed E-state index contributed by atoms with van der Waals surface area (Å²) in [5, 5.41) is 8.79. The first kappa shape index (κ1) is 22.6. The zero-order chi connectivity index (χ0) is 24.1. The zero-order valence-corrected chi connectivity index (χ0v) is 18.6. The highest BCUT2D eigenvalue weighted by Crippen LogP contribution is 2.38. The van der Waals surface area contributed by atoms with Crippen LogP contribution in [0, 0.1) is 0 Å². The van der Waals surface area contributed by atoms with Gasteiger partial charge in [-0.1, -0.05) is 48.5 Å². The van der Waals surface area contributed by atoms with E-state index in [0.717, 1.165) is 16.8 Å². The minimum Gasteiger partial charge on any atom is -0.462 e. The molecule has 1 heterocycles. The minimum atomic E-state index is -0.588. The fourth-order valence-corrected chi connectivity index (χ4v) is 3.69. The number of ether oxygens (including phenoxy) is 1. The zero-order valence-electron chi connectivity index (χ0n) is 18.6. The van der Waals surface area contributed by atoms with Gasteiger partial charge in [0.05, 0.1) is 29.1 Å². The smallest absolute Gasteiger partial charge is 0.338 e. The van der Waals surface area contributed by atoms with E-state index in [4.69, 9.17) is 10.5 Å². The lowest BCUT2D eigenvalue weighted by Crippen LogP contribution is -2.28. The van der Waals surface area contributed by atoms with E-state index in [1.54, 1.807) is 25.1 Å². The van der Waals surface area contributed by atoms with Crippen LogP contribution in [0.3, 0.4) is 0 Å². The van der Waals surface area contributed by atoms with Crippen LogP contribution in [-0.2, 0) is 16.1 Å². The monoisotopic (exact) mass is 456 g/mol. The molecule has 3 aromatic carbocycles. The lowest BCUT2D eigenvalue weighted by atomic mass is 9.99. The molecule has 172 valence electrons. The van der Waals surface area contributed by atoms with Gasteiger partial charge in [0.15, 0.2) is 0 Å². The molecule has 0 spiro atoms. The molecular weight excluding hydrogens is 432 g/mol. The third-order valence-electron chi connectivity index (χ3n) is 5.28. The van der Waals surface area contributed by atoms with Crippen molar-refractivity contribution in [3.63, 3.8) is 0 Å². The number of nitrogens with two attached hydrogens (primary N) is 1. The van der Waals surface area contributed by atoms with Crippen molar-refractivity contribution in [3.05, 3.63) is 95.1 Å². The highest BCUT2D eigenvalue weighted by Gasteiger charge is 2.29. The third kappa shape index (κ3) is 4.91. The van der Waals surface area contributed by atoms with Crippen molar-refractivity contribution < 1.29 is 19.1 Å². The van der Waals surface area contributed by atoms with Crippen LogP contribution in [0.25, 0.3) is 11.3 Å². The average Bonchev–Trinajstić information content (AvgIpc) is 3.17. The van der Waals surface area contributed by atoms with E-state index < -0.39 is 12.0 Å². The van der Waals surface area contributed by atoms with Crippen molar-refractivity contribution in [1.29, 1.82) is 0 Å². The molecule has 0 aromatic heterocycles. The first-order chi connectivity index (χ1) is 16.5. The van der Waals surface area contributed by atoms with Crippen LogP contribution in [-0.4, -0.2) is 24.5 Å². The minimum absolute atomic E-state index is 0.271. The number of amides is 3. The Kier molecular flexibility index (Phi) is 6.59. The van der Waals surface area contributed by atoms with Crippen LogP contribution in [0.15, 0.2) is 72.8 Å². The molecule has 3 aromatic rings. The number of fused-ring (bicyclic) bond motifs is 1. The summed E-state index contributed by atoms with van der Waals surface area (Å²) < 4.78 is 5.07. The fraction of sp³-hybridized carbons (Fsp3) is 0.115. The van der Waals surface area contributed by atoms with Gasteiger partial charge < -0.3 is 26.4 Å². The number of anilines is 2. The van der Waals surface area contributed by atoms with E-state index in [1.165, 1.54) is 0 Å². The van der Waals surface area contributed by atoms with Crippen molar-refractivity contribution in [2.75, 3.05) is 17.2 Å². The van der Waals surface area contributed by atoms with Gasteiger partial charge in [-0.3, -0.25) is 4.79 Å². The standard InChI is InChI=1S/C26H24N4O4/c1-2-34-25(32)18-10-13-20-21(14-18)30-24(31)22(20)23(17-6-4-3-5-7-17)29-19-11-8-16(9-12-19)15-28-26(27)33/h3-14,29H,2,15H2,1H3,(H,30,31)(H3,27,28,33)/b23-22-. The number of nitrogens with one attached hydrogen (secondary N) is 3. The van der Waals surface area contributed by atoms with Crippen LogP contribution < -0.4 is 21.7 Å². The van der Waals surface area contributed by atoms with E-state index in [1.807, 2.05) is 54.6 Å². The lowest BCUT2D eigenvalue weighted by molar-refractivity contribution is -0.110. The molecule has 0 radical (unpaired) electrons. The third-order valence-corrected chi connectivity index (χ3v) is 5.28. The molecule has 1 aliphatic heterocycles. The van der Waals surface area contributed by atoms with Crippen molar-refractivity contribution in [2.45, 2.75) is 13.5 Å². The number of carbonyl (C=O) groups excluding carboxylic acids is 3. The van der Waals surface area contributed by atoms with Crippen LogP contribution >= 0.6 is 0 Å². The van der Waals surface area contributed by atoms with Gasteiger partial charge in [-0.25, -0.2) is 9.59 Å². The van der Waals surface area contributed by atoms with Gasteiger partial charge in [0.2, 0.25) is 0 Å². The quantitative estimate of drug-likeness (QED) is 0.317. The van der Waals surface area contributed by atoms with Crippen molar-refractivity contribution in [3.8, 4) is 0 Å². The Morgan fingerprint density at radius 3 is 2.38 bits per heavy atom. The maximum atomic E-state index is 13.1. The van der Waals surface area contributed by atoms with Gasteiger partial charge in [0.25, 0.3) is 5.91 Å². The number of rotatable bonds is 7. The molecule has 3 amide bonds. The molecule has 5 N–H and O–H groups in total. The Balaban J connectivity index is 1.72. The highest BCUT2D eigenvalue weighted by atomic mass is 16.5. The number of hydrogen-bond donors (Lipinski definition) is 4. The number of primary amides is 1. The number of hydrogen-bond acceptors (Lipinski definition) is 5. The van der Waals surface area contributed by atoms with Gasteiger partial charge in [-0.2, -0.15) is 0 Å². The van der Waals surface area contributed by atoms with Crippen LogP contribution in [0.1, 0.15) is 34.0 Å². The van der Waals surface area contributed by atoms with Gasteiger partial charge >= 0.3 is 12.0 Å². The van der Waals surface area contributed by atoms with E-state index in [2.05, 4.69) is 16.0 Å². The summed E-state index contributed by atoms with van der Waals surface area (Å²) in [4.78, 5) is 36.1. The molecule has 0 fully saturated rings. The molecule has 0 atom stereocenters. The van der Waals surface area contributed by atoms with Gasteiger partial charge in [-0.05, 0) is 42.3 Å². The summed E-state index contributed by atoms with van der Waals surface area (Å²) in [6.45, 7) is 2.33. The summed E-state index contributed by atoms with van der Waals surface area (Å²) >= 11 is 0. The van der Waals surface area contributed by atoms with Crippen molar-refractivity contribution in [2.24, 2.45) is 5.73 Å². The number of carbonyl (C=O) groups is 3. The average molecular weight is 457 g/mol. The molecule has 0 saturated heterocycles. The van der Waals surface area contributed by atoms with E-state index in [-0.39, 0.29) is 12.5 Å². The Labute approximate surface area is 196 Å². The predicted octanol–water partition coefficient (Wildman–Crippen LogP) is 3.96. The lowest BCUT2D eigenvalue weighted by Gasteiger charge is -2.15. The van der Waals surface area contributed by atoms with Gasteiger partial charge in [0, 0.05) is 17.8 Å². The maximum Gasteiger partial charge on any atom is 0.338 e. The van der Waals surface area contributed by atoms with Crippen LogP contribution in [0.5, 0.6) is 0 Å². The van der Waals surface area contributed by atoms with Gasteiger partial charge in [0.1, 0.15) is 0 Å². The molecular formula is C26H24N4O4. The second-order valence-corrected chi connectivity index (χ2v) is 7.59. The van der Waals surface area contributed by atoms with Crippen molar-refractivity contribution >= 4 is 40.6 Å². The molecule has 8 nitrogen and oxygen atoms in total. The Hall–Kier alpha value is -4.59. The van der Waals surface area contributed by atoms with E-state index >= 15 is 0 Å². The second-order valence-electron chi connectivity index (χ2n) is 7.59. The normalized spacial score (nSPS) is 13.5.